The van der Waals surface area contributed by atoms with Gasteiger partial charge in [-0.3, -0.25) is 0 Å². The van der Waals surface area contributed by atoms with Gasteiger partial charge in [0.25, 0.3) is 0 Å². The van der Waals surface area contributed by atoms with Gasteiger partial charge in [-0.05, 0) is 44.1 Å². The molecule has 1 unspecified atom stereocenters. The van der Waals surface area contributed by atoms with E-state index in [9.17, 15) is 0 Å². The van der Waals surface area contributed by atoms with Crippen molar-refractivity contribution >= 4 is 12.6 Å². The Morgan fingerprint density at radius 1 is 1.31 bits per heavy atom. The predicted octanol–water partition coefficient (Wildman–Crippen LogP) is 1.24. The normalized spacial score (nSPS) is 27.7. The fraction of sp³-hybridized carbons (Fsp3) is 1.00. The number of hydrogen-bond acceptors (Lipinski definition) is 3. The first-order valence-corrected chi connectivity index (χ1v) is 6.04. The van der Waals surface area contributed by atoms with Crippen molar-refractivity contribution in [1.82, 2.24) is 10.2 Å². The van der Waals surface area contributed by atoms with E-state index in [2.05, 4.69) is 29.8 Å². The van der Waals surface area contributed by atoms with E-state index in [1.807, 2.05) is 0 Å². The Kier molecular flexibility index (Phi) is 5.83. The van der Waals surface area contributed by atoms with Crippen molar-refractivity contribution in [3.63, 3.8) is 0 Å². The van der Waals surface area contributed by atoms with Gasteiger partial charge in [0.1, 0.15) is 0 Å². The fourth-order valence-electron chi connectivity index (χ4n) is 1.79. The molecule has 0 bridgehead atoms. The second kappa shape index (κ2) is 6.68. The molecule has 0 aliphatic carbocycles. The summed E-state index contributed by atoms with van der Waals surface area (Å²) in [5.74, 6) is 1.85. The minimum Gasteiger partial charge on any atom is -0.315 e. The molecule has 1 atom stereocenters. The topological polar surface area (TPSA) is 15.3 Å². The van der Waals surface area contributed by atoms with Gasteiger partial charge in [-0.1, -0.05) is 6.92 Å². The van der Waals surface area contributed by atoms with Gasteiger partial charge in [0.15, 0.2) is 0 Å². The minimum absolute atomic E-state index is 0.808. The highest BCUT2D eigenvalue weighted by Crippen LogP contribution is 2.11. The first-order valence-electron chi connectivity index (χ1n) is 5.40. The van der Waals surface area contributed by atoms with Crippen LogP contribution >= 0.6 is 12.6 Å². The molecule has 1 aliphatic heterocycles. The minimum atomic E-state index is 0.808. The lowest BCUT2D eigenvalue weighted by Crippen LogP contribution is -2.31. The largest absolute Gasteiger partial charge is 0.315 e. The molecule has 1 N–H and O–H groups in total. The summed E-state index contributed by atoms with van der Waals surface area (Å²) < 4.78 is 0. The molecule has 0 spiro atoms. The van der Waals surface area contributed by atoms with Crippen molar-refractivity contribution < 1.29 is 0 Å². The number of likely N-dealkylation sites (N-methyl/N-ethyl adjacent to an activating group) is 1. The monoisotopic (exact) mass is 202 g/mol. The van der Waals surface area contributed by atoms with E-state index in [4.69, 9.17) is 0 Å². The third-order valence-corrected chi connectivity index (χ3v) is 3.41. The second-order valence-electron chi connectivity index (χ2n) is 3.81. The summed E-state index contributed by atoms with van der Waals surface area (Å²) in [6, 6.07) is 0. The highest BCUT2D eigenvalue weighted by atomic mass is 32.1. The van der Waals surface area contributed by atoms with Gasteiger partial charge >= 0.3 is 0 Å². The van der Waals surface area contributed by atoms with Gasteiger partial charge in [0.2, 0.25) is 0 Å². The third kappa shape index (κ3) is 4.34. The molecule has 1 fully saturated rings. The Balaban J connectivity index is 2.33. The van der Waals surface area contributed by atoms with Gasteiger partial charge in [-0.2, -0.15) is 12.6 Å². The van der Waals surface area contributed by atoms with Gasteiger partial charge in [-0.15, -0.1) is 0 Å². The van der Waals surface area contributed by atoms with Crippen LogP contribution in [0.2, 0.25) is 0 Å². The Labute approximate surface area is 87.5 Å². The molecule has 1 saturated heterocycles. The first-order chi connectivity index (χ1) is 6.36. The summed E-state index contributed by atoms with van der Waals surface area (Å²) in [5.41, 5.74) is 0. The average molecular weight is 202 g/mol. The molecule has 13 heavy (non-hydrogen) atoms. The van der Waals surface area contributed by atoms with E-state index >= 15 is 0 Å². The molecule has 0 aromatic carbocycles. The smallest absolute Gasteiger partial charge is 0.0107 e. The molecule has 0 aromatic rings. The zero-order valence-electron chi connectivity index (χ0n) is 8.63. The quantitative estimate of drug-likeness (QED) is 0.655. The number of thiol groups is 1. The van der Waals surface area contributed by atoms with Crippen LogP contribution in [0, 0.1) is 5.92 Å². The molecule has 0 aromatic heterocycles. The van der Waals surface area contributed by atoms with Crippen LogP contribution in [0.25, 0.3) is 0 Å². The van der Waals surface area contributed by atoms with Crippen LogP contribution in [-0.2, 0) is 0 Å². The second-order valence-corrected chi connectivity index (χ2v) is 4.18. The van der Waals surface area contributed by atoms with Gasteiger partial charge in [0, 0.05) is 13.1 Å². The number of hydrogen-bond donors (Lipinski definition) is 2. The summed E-state index contributed by atoms with van der Waals surface area (Å²) in [7, 11) is 0. The summed E-state index contributed by atoms with van der Waals surface area (Å²) in [4.78, 5) is 2.52. The number of nitrogens with zero attached hydrogens (tertiary/aromatic N) is 1. The average Bonchev–Trinajstić information content (AvgIpc) is 2.28. The molecule has 1 rings (SSSR count). The lowest BCUT2D eigenvalue weighted by molar-refractivity contribution is 0.277. The summed E-state index contributed by atoms with van der Waals surface area (Å²) >= 11 is 4.39. The Morgan fingerprint density at radius 2 is 2.15 bits per heavy atom. The van der Waals surface area contributed by atoms with E-state index < -0.39 is 0 Å². The zero-order chi connectivity index (χ0) is 9.52. The van der Waals surface area contributed by atoms with E-state index in [-0.39, 0.29) is 0 Å². The maximum absolute atomic E-state index is 4.39. The molecule has 0 radical (unpaired) electrons. The zero-order valence-corrected chi connectivity index (χ0v) is 9.52. The van der Waals surface area contributed by atoms with Crippen LogP contribution in [0.3, 0.4) is 0 Å². The van der Waals surface area contributed by atoms with Gasteiger partial charge in [-0.25, -0.2) is 0 Å². The Hall–Kier alpha value is 0.270. The van der Waals surface area contributed by atoms with Gasteiger partial charge < -0.3 is 10.2 Å². The lowest BCUT2D eigenvalue weighted by Gasteiger charge is -2.20. The molecule has 3 heteroatoms. The van der Waals surface area contributed by atoms with E-state index in [1.165, 1.54) is 39.0 Å². The number of rotatable bonds is 2. The molecule has 2 nitrogen and oxygen atoms in total. The van der Waals surface area contributed by atoms with Crippen molar-refractivity contribution in [2.75, 3.05) is 38.5 Å². The highest BCUT2D eigenvalue weighted by Gasteiger charge is 2.11. The van der Waals surface area contributed by atoms with Crippen LogP contribution in [0.4, 0.5) is 0 Å². The van der Waals surface area contributed by atoms with Crippen molar-refractivity contribution in [3.05, 3.63) is 0 Å². The molecule has 0 saturated carbocycles. The molecular formula is C10H22N2S. The molecule has 1 aliphatic rings. The molecule has 1 heterocycles. The standard InChI is InChI=1S/C10H22N2S/c1-2-12-7-4-10(9-13)3-5-11-6-8-12/h10-11,13H,2-9H2,1H3. The molecular weight excluding hydrogens is 180 g/mol. The third-order valence-electron chi connectivity index (χ3n) is 2.89. The van der Waals surface area contributed by atoms with Crippen LogP contribution in [0.1, 0.15) is 19.8 Å². The maximum Gasteiger partial charge on any atom is 0.0107 e. The van der Waals surface area contributed by atoms with Crippen LogP contribution in [0.15, 0.2) is 0 Å². The maximum atomic E-state index is 4.39. The Bertz CT molecular complexity index is 116. The fourth-order valence-corrected chi connectivity index (χ4v) is 2.15. The van der Waals surface area contributed by atoms with Crippen molar-refractivity contribution in [2.24, 2.45) is 5.92 Å². The van der Waals surface area contributed by atoms with Gasteiger partial charge in [0.05, 0.1) is 0 Å². The van der Waals surface area contributed by atoms with Crippen LogP contribution in [-0.4, -0.2) is 43.4 Å². The predicted molar refractivity (Wildman–Crippen MR) is 61.6 cm³/mol. The lowest BCUT2D eigenvalue weighted by atomic mass is 10.0. The van der Waals surface area contributed by atoms with E-state index in [1.54, 1.807) is 0 Å². The van der Waals surface area contributed by atoms with E-state index in [0.717, 1.165) is 18.2 Å². The summed E-state index contributed by atoms with van der Waals surface area (Å²) in [5, 5.41) is 3.48. The summed E-state index contributed by atoms with van der Waals surface area (Å²) in [6.45, 7) is 8.20. The number of nitrogens with one attached hydrogen (secondary N) is 1. The molecule has 0 amide bonds. The van der Waals surface area contributed by atoms with Crippen molar-refractivity contribution in [3.8, 4) is 0 Å². The first kappa shape index (κ1) is 11.3. The van der Waals surface area contributed by atoms with Crippen LogP contribution < -0.4 is 5.32 Å². The Morgan fingerprint density at radius 3 is 2.85 bits per heavy atom. The SMILES string of the molecule is CCN1CCNCCC(CS)CC1. The highest BCUT2D eigenvalue weighted by molar-refractivity contribution is 7.80. The summed E-state index contributed by atoms with van der Waals surface area (Å²) in [6.07, 6.45) is 2.61. The van der Waals surface area contributed by atoms with Crippen LogP contribution in [0.5, 0.6) is 0 Å². The molecule has 78 valence electrons. The van der Waals surface area contributed by atoms with Crippen molar-refractivity contribution in [2.45, 2.75) is 19.8 Å². The van der Waals surface area contributed by atoms with Crippen molar-refractivity contribution in [1.29, 1.82) is 0 Å². The van der Waals surface area contributed by atoms with E-state index in [0.29, 0.717) is 0 Å².